The molecule has 0 saturated carbocycles. The number of hydrogen-bond acceptors (Lipinski definition) is 3. The number of carbonyl (C=O) groups excluding carboxylic acids is 1. The maximum Gasteiger partial charge on any atom is 0.306 e. The number of nitrogens with two attached hydrogens (primary N) is 1. The molecule has 0 aliphatic carbocycles. The summed E-state index contributed by atoms with van der Waals surface area (Å²) in [5.74, 6) is -0.165. The summed E-state index contributed by atoms with van der Waals surface area (Å²) >= 11 is 0. The molecule has 3 heteroatoms. The van der Waals surface area contributed by atoms with Crippen LogP contribution in [0.5, 0.6) is 0 Å². The van der Waals surface area contributed by atoms with E-state index in [0.717, 1.165) is 0 Å². The van der Waals surface area contributed by atoms with Gasteiger partial charge in [-0.15, -0.1) is 0 Å². The monoisotopic (exact) mass is 215 g/mol. The zero-order valence-electron chi connectivity index (χ0n) is 10.9. The Balaban J connectivity index is 3.92. The fourth-order valence-electron chi connectivity index (χ4n) is 1.10. The number of hydrogen-bond donors (Lipinski definition) is 1. The number of rotatable bonds is 3. The van der Waals surface area contributed by atoms with E-state index < -0.39 is 5.60 Å². The summed E-state index contributed by atoms with van der Waals surface area (Å²) in [7, 11) is 0. The molecule has 0 saturated heterocycles. The number of carbonyl (C=O) groups is 1. The van der Waals surface area contributed by atoms with Gasteiger partial charge in [0.15, 0.2) is 0 Å². The molecule has 0 fully saturated rings. The molecule has 0 spiro atoms. The molecular formula is C12H25NO2. The van der Waals surface area contributed by atoms with Crippen molar-refractivity contribution in [1.82, 2.24) is 0 Å². The number of esters is 1. The van der Waals surface area contributed by atoms with Crippen LogP contribution < -0.4 is 5.73 Å². The van der Waals surface area contributed by atoms with Crippen LogP contribution >= 0.6 is 0 Å². The lowest BCUT2D eigenvalue weighted by Gasteiger charge is -2.27. The second-order valence-electron chi connectivity index (χ2n) is 6.10. The highest BCUT2D eigenvalue weighted by atomic mass is 16.6. The Bertz CT molecular complexity index is 211. The van der Waals surface area contributed by atoms with Gasteiger partial charge in [-0.2, -0.15) is 0 Å². The van der Waals surface area contributed by atoms with Crippen LogP contribution in [-0.4, -0.2) is 17.6 Å². The van der Waals surface area contributed by atoms with Crippen molar-refractivity contribution < 1.29 is 9.53 Å². The van der Waals surface area contributed by atoms with E-state index in [1.54, 1.807) is 0 Å². The second-order valence-corrected chi connectivity index (χ2v) is 6.10. The standard InChI is InChI=1S/C12H25NO2/c1-11(2,3)9(13)7-8-10(14)15-12(4,5)6/h9H,7-8,13H2,1-6H3/t9-/m0/s1. The average molecular weight is 215 g/mol. The minimum absolute atomic E-state index is 0.0324. The highest BCUT2D eigenvalue weighted by molar-refractivity contribution is 5.69. The Kier molecular flexibility index (Phi) is 4.78. The van der Waals surface area contributed by atoms with E-state index in [9.17, 15) is 4.79 Å². The van der Waals surface area contributed by atoms with Crippen molar-refractivity contribution in [2.45, 2.75) is 66.0 Å². The van der Waals surface area contributed by atoms with Crippen molar-refractivity contribution in [3.63, 3.8) is 0 Å². The maximum absolute atomic E-state index is 11.4. The van der Waals surface area contributed by atoms with Crippen LogP contribution in [0.4, 0.5) is 0 Å². The number of ether oxygens (including phenoxy) is 1. The SMILES string of the molecule is CC(C)(C)OC(=O)CC[C@H](N)C(C)(C)C. The third-order valence-corrected chi connectivity index (χ3v) is 2.19. The van der Waals surface area contributed by atoms with Crippen LogP contribution in [0.1, 0.15) is 54.4 Å². The summed E-state index contributed by atoms with van der Waals surface area (Å²) in [5, 5.41) is 0. The van der Waals surface area contributed by atoms with E-state index >= 15 is 0 Å². The van der Waals surface area contributed by atoms with Gasteiger partial charge in [-0.05, 0) is 32.6 Å². The smallest absolute Gasteiger partial charge is 0.306 e. The lowest BCUT2D eigenvalue weighted by Crippen LogP contribution is -2.36. The fraction of sp³-hybridized carbons (Fsp3) is 0.917. The summed E-state index contributed by atoms with van der Waals surface area (Å²) in [5.41, 5.74) is 5.60. The molecule has 0 unspecified atom stereocenters. The van der Waals surface area contributed by atoms with Gasteiger partial charge in [0, 0.05) is 12.5 Å². The minimum Gasteiger partial charge on any atom is -0.460 e. The van der Waals surface area contributed by atoms with Crippen molar-refractivity contribution in [3.05, 3.63) is 0 Å². The zero-order chi connectivity index (χ0) is 12.3. The van der Waals surface area contributed by atoms with Crippen LogP contribution in [0.25, 0.3) is 0 Å². The molecule has 0 aromatic carbocycles. The first-order valence-electron chi connectivity index (χ1n) is 5.50. The minimum atomic E-state index is -0.400. The van der Waals surface area contributed by atoms with E-state index in [1.165, 1.54) is 0 Å². The molecule has 0 bridgehead atoms. The molecule has 3 nitrogen and oxygen atoms in total. The third kappa shape index (κ3) is 7.37. The molecule has 0 heterocycles. The van der Waals surface area contributed by atoms with Gasteiger partial charge in [0.25, 0.3) is 0 Å². The van der Waals surface area contributed by atoms with Gasteiger partial charge in [-0.3, -0.25) is 4.79 Å². The molecule has 0 amide bonds. The van der Waals surface area contributed by atoms with Crippen molar-refractivity contribution in [2.75, 3.05) is 0 Å². The fourth-order valence-corrected chi connectivity index (χ4v) is 1.10. The van der Waals surface area contributed by atoms with E-state index in [1.807, 2.05) is 20.8 Å². The quantitative estimate of drug-likeness (QED) is 0.736. The highest BCUT2D eigenvalue weighted by Gasteiger charge is 2.23. The zero-order valence-corrected chi connectivity index (χ0v) is 10.9. The molecule has 90 valence electrons. The Morgan fingerprint density at radius 2 is 1.67 bits per heavy atom. The Labute approximate surface area is 93.4 Å². The lowest BCUT2D eigenvalue weighted by atomic mass is 9.85. The van der Waals surface area contributed by atoms with Gasteiger partial charge in [0.1, 0.15) is 5.60 Å². The molecule has 15 heavy (non-hydrogen) atoms. The summed E-state index contributed by atoms with van der Waals surface area (Å²) < 4.78 is 5.21. The maximum atomic E-state index is 11.4. The molecule has 0 aromatic rings. The van der Waals surface area contributed by atoms with Gasteiger partial charge >= 0.3 is 5.97 Å². The largest absolute Gasteiger partial charge is 0.460 e. The Hall–Kier alpha value is -0.570. The van der Waals surface area contributed by atoms with Crippen LogP contribution in [-0.2, 0) is 9.53 Å². The normalized spacial score (nSPS) is 14.9. The Morgan fingerprint density at radius 1 is 1.20 bits per heavy atom. The van der Waals surface area contributed by atoms with E-state index in [0.29, 0.717) is 12.8 Å². The van der Waals surface area contributed by atoms with Crippen molar-refractivity contribution in [3.8, 4) is 0 Å². The van der Waals surface area contributed by atoms with Crippen molar-refractivity contribution >= 4 is 5.97 Å². The van der Waals surface area contributed by atoms with Crippen LogP contribution in [0, 0.1) is 5.41 Å². The topological polar surface area (TPSA) is 52.3 Å². The first-order chi connectivity index (χ1) is 6.52. The van der Waals surface area contributed by atoms with E-state index in [2.05, 4.69) is 20.8 Å². The van der Waals surface area contributed by atoms with Crippen molar-refractivity contribution in [1.29, 1.82) is 0 Å². The summed E-state index contributed by atoms with van der Waals surface area (Å²) in [6.45, 7) is 11.8. The van der Waals surface area contributed by atoms with Crippen LogP contribution in [0.15, 0.2) is 0 Å². The predicted molar refractivity (Wildman–Crippen MR) is 62.5 cm³/mol. The molecule has 0 rings (SSSR count). The van der Waals surface area contributed by atoms with Gasteiger partial charge in [-0.25, -0.2) is 0 Å². The first-order valence-corrected chi connectivity index (χ1v) is 5.50. The predicted octanol–water partition coefficient (Wildman–Crippen LogP) is 2.48. The lowest BCUT2D eigenvalue weighted by molar-refractivity contribution is -0.155. The van der Waals surface area contributed by atoms with E-state index in [-0.39, 0.29) is 17.4 Å². The van der Waals surface area contributed by atoms with Crippen LogP contribution in [0.2, 0.25) is 0 Å². The summed E-state index contributed by atoms with van der Waals surface area (Å²) in [6, 6.07) is 0.0324. The Morgan fingerprint density at radius 3 is 2.00 bits per heavy atom. The summed E-state index contributed by atoms with van der Waals surface area (Å²) in [4.78, 5) is 11.4. The molecule has 2 N–H and O–H groups in total. The molecule has 0 aliphatic rings. The van der Waals surface area contributed by atoms with Gasteiger partial charge < -0.3 is 10.5 Å². The molecular weight excluding hydrogens is 190 g/mol. The second kappa shape index (κ2) is 4.97. The average Bonchev–Trinajstić information content (AvgIpc) is 1.94. The third-order valence-electron chi connectivity index (χ3n) is 2.19. The molecule has 0 aliphatic heterocycles. The van der Waals surface area contributed by atoms with Gasteiger partial charge in [0.2, 0.25) is 0 Å². The highest BCUT2D eigenvalue weighted by Crippen LogP contribution is 2.21. The first kappa shape index (κ1) is 14.4. The van der Waals surface area contributed by atoms with Crippen LogP contribution in [0.3, 0.4) is 0 Å². The summed E-state index contributed by atoms with van der Waals surface area (Å²) in [6.07, 6.45) is 1.08. The van der Waals surface area contributed by atoms with Crippen molar-refractivity contribution in [2.24, 2.45) is 11.1 Å². The molecule has 1 atom stereocenters. The molecule has 0 radical (unpaired) electrons. The van der Waals surface area contributed by atoms with E-state index in [4.69, 9.17) is 10.5 Å². The van der Waals surface area contributed by atoms with Gasteiger partial charge in [-0.1, -0.05) is 20.8 Å². The molecule has 0 aromatic heterocycles. The van der Waals surface area contributed by atoms with Gasteiger partial charge in [0.05, 0.1) is 0 Å².